The fourth-order valence-electron chi connectivity index (χ4n) is 1.95. The Morgan fingerprint density at radius 3 is 2.54 bits per heavy atom. The molecule has 0 saturated carbocycles. The van der Waals surface area contributed by atoms with Crippen molar-refractivity contribution in [3.05, 3.63) is 54.1 Å². The molecule has 1 unspecified atom stereocenters. The number of anilines is 1. The molecule has 0 aliphatic carbocycles. The van der Waals surface area contributed by atoms with Gasteiger partial charge in [0.2, 0.25) is 0 Å². The first-order valence-electron chi connectivity index (χ1n) is 6.91. The molecule has 0 fully saturated rings. The van der Waals surface area contributed by atoms with Gasteiger partial charge in [0.1, 0.15) is 5.69 Å². The number of rotatable bonds is 6. The highest BCUT2D eigenvalue weighted by molar-refractivity contribution is 5.92. The molecule has 2 heterocycles. The van der Waals surface area contributed by atoms with Crippen molar-refractivity contribution in [2.45, 2.75) is 12.5 Å². The van der Waals surface area contributed by atoms with Crippen LogP contribution < -0.4 is 16.4 Å². The third-order valence-electron chi connectivity index (χ3n) is 3.04. The third kappa shape index (κ3) is 4.77. The van der Waals surface area contributed by atoms with Gasteiger partial charge in [-0.05, 0) is 23.8 Å². The average molecular weight is 329 g/mol. The minimum absolute atomic E-state index is 0.0695. The van der Waals surface area contributed by atoms with Crippen LogP contribution in [0.1, 0.15) is 28.5 Å². The van der Waals surface area contributed by atoms with Crippen molar-refractivity contribution in [1.29, 1.82) is 0 Å². The van der Waals surface area contributed by atoms with Gasteiger partial charge in [0.25, 0.3) is 5.91 Å². The summed E-state index contributed by atoms with van der Waals surface area (Å²) in [7, 11) is 0. The number of carbonyl (C=O) groups excluding carboxylic acids is 2. The zero-order valence-corrected chi connectivity index (χ0v) is 12.5. The van der Waals surface area contributed by atoms with Gasteiger partial charge in [0, 0.05) is 12.4 Å². The van der Waals surface area contributed by atoms with Crippen molar-refractivity contribution in [2.75, 3.05) is 5.32 Å². The number of primary amides is 1. The van der Waals surface area contributed by atoms with Crippen LogP contribution in [0, 0.1) is 0 Å². The van der Waals surface area contributed by atoms with Crippen molar-refractivity contribution in [1.82, 2.24) is 15.3 Å². The van der Waals surface area contributed by atoms with Gasteiger partial charge >= 0.3 is 12.0 Å². The second-order valence-electron chi connectivity index (χ2n) is 4.83. The molecule has 0 bridgehead atoms. The lowest BCUT2D eigenvalue weighted by atomic mass is 10.1. The molecule has 0 spiro atoms. The number of hydrogen-bond acceptors (Lipinski definition) is 5. The van der Waals surface area contributed by atoms with Gasteiger partial charge in [0.15, 0.2) is 0 Å². The first kappa shape index (κ1) is 16.9. The van der Waals surface area contributed by atoms with Crippen molar-refractivity contribution in [3.63, 3.8) is 0 Å². The Morgan fingerprint density at radius 1 is 1.21 bits per heavy atom. The van der Waals surface area contributed by atoms with Gasteiger partial charge in [-0.15, -0.1) is 0 Å². The van der Waals surface area contributed by atoms with Crippen molar-refractivity contribution >= 4 is 23.6 Å². The molecule has 124 valence electrons. The molecule has 0 saturated heterocycles. The fourth-order valence-corrected chi connectivity index (χ4v) is 1.95. The molecule has 5 N–H and O–H groups in total. The van der Waals surface area contributed by atoms with Crippen LogP contribution in [0.5, 0.6) is 0 Å². The van der Waals surface area contributed by atoms with Gasteiger partial charge in [-0.2, -0.15) is 0 Å². The second-order valence-corrected chi connectivity index (χ2v) is 4.83. The number of urea groups is 1. The molecule has 9 nitrogen and oxygen atoms in total. The molecule has 0 aliphatic heterocycles. The number of aromatic nitrogens is 2. The number of aliphatic carboxylic acids is 1. The molecule has 0 aromatic carbocycles. The number of hydrogen-bond donors (Lipinski definition) is 4. The summed E-state index contributed by atoms with van der Waals surface area (Å²) in [5, 5.41) is 14.0. The summed E-state index contributed by atoms with van der Waals surface area (Å²) in [6, 6.07) is 4.80. The lowest BCUT2D eigenvalue weighted by molar-refractivity contribution is -0.137. The number of carboxylic acid groups (broad SMARTS) is 1. The highest BCUT2D eigenvalue weighted by Gasteiger charge is 2.18. The largest absolute Gasteiger partial charge is 0.481 e. The SMILES string of the molecule is NC(=O)c1ccc(NC(=O)NC(CC(=O)O)c2cccnc2)cn1. The second kappa shape index (κ2) is 7.68. The van der Waals surface area contributed by atoms with Crippen LogP contribution in [0.2, 0.25) is 0 Å². The van der Waals surface area contributed by atoms with Crippen molar-refractivity contribution in [2.24, 2.45) is 5.73 Å². The number of amides is 3. The highest BCUT2D eigenvalue weighted by atomic mass is 16.4. The molecule has 0 aliphatic rings. The molecule has 2 aromatic rings. The third-order valence-corrected chi connectivity index (χ3v) is 3.04. The lowest BCUT2D eigenvalue weighted by Crippen LogP contribution is -2.34. The van der Waals surface area contributed by atoms with Gasteiger partial charge < -0.3 is 21.5 Å². The fraction of sp³-hybridized carbons (Fsp3) is 0.133. The van der Waals surface area contributed by atoms with E-state index in [1.54, 1.807) is 18.3 Å². The number of nitrogens with zero attached hydrogens (tertiary/aromatic N) is 2. The predicted octanol–water partition coefficient (Wildman–Crippen LogP) is 0.913. The topological polar surface area (TPSA) is 147 Å². The van der Waals surface area contributed by atoms with Gasteiger partial charge in [-0.3, -0.25) is 14.6 Å². The first-order valence-corrected chi connectivity index (χ1v) is 6.91. The summed E-state index contributed by atoms with van der Waals surface area (Å²) in [6.45, 7) is 0. The highest BCUT2D eigenvalue weighted by Crippen LogP contribution is 2.16. The standard InChI is InChI=1S/C15H15N5O4/c16-14(23)11-4-3-10(8-18-11)19-15(24)20-12(6-13(21)22)9-2-1-5-17-7-9/h1-5,7-8,12H,6H2,(H2,16,23)(H,21,22)(H2,19,20,24). The van der Waals surface area contributed by atoms with E-state index < -0.39 is 23.9 Å². The Kier molecular flexibility index (Phi) is 5.40. The van der Waals surface area contributed by atoms with E-state index in [4.69, 9.17) is 10.8 Å². The Labute approximate surface area is 136 Å². The Balaban J connectivity index is 2.04. The minimum Gasteiger partial charge on any atom is -0.481 e. The normalized spacial score (nSPS) is 11.3. The Bertz CT molecular complexity index is 733. The molecule has 2 rings (SSSR count). The van der Waals surface area contributed by atoms with Crippen LogP contribution in [-0.2, 0) is 4.79 Å². The number of nitrogens with two attached hydrogens (primary N) is 1. The van der Waals surface area contributed by atoms with Gasteiger partial charge in [-0.25, -0.2) is 9.78 Å². The quantitative estimate of drug-likeness (QED) is 0.619. The number of carbonyl (C=O) groups is 3. The molecule has 3 amide bonds. The van der Waals surface area contributed by atoms with Crippen LogP contribution in [0.15, 0.2) is 42.9 Å². The smallest absolute Gasteiger partial charge is 0.319 e. The van der Waals surface area contributed by atoms with Crippen molar-refractivity contribution in [3.8, 4) is 0 Å². The zero-order chi connectivity index (χ0) is 17.5. The summed E-state index contributed by atoms with van der Waals surface area (Å²) >= 11 is 0. The van der Waals surface area contributed by atoms with Gasteiger partial charge in [0.05, 0.1) is 24.3 Å². The molecular formula is C15H15N5O4. The van der Waals surface area contributed by atoms with Crippen LogP contribution in [0.4, 0.5) is 10.5 Å². The predicted molar refractivity (Wildman–Crippen MR) is 84.1 cm³/mol. The molecule has 9 heteroatoms. The number of carboxylic acids is 1. The van der Waals surface area contributed by atoms with E-state index in [0.717, 1.165) is 0 Å². The first-order chi connectivity index (χ1) is 11.5. The summed E-state index contributed by atoms with van der Waals surface area (Å²) < 4.78 is 0. The summed E-state index contributed by atoms with van der Waals surface area (Å²) in [4.78, 5) is 41.7. The van der Waals surface area contributed by atoms with E-state index in [0.29, 0.717) is 11.3 Å². The van der Waals surface area contributed by atoms with E-state index in [-0.39, 0.29) is 12.1 Å². The van der Waals surface area contributed by atoms with Crippen LogP contribution in [-0.4, -0.2) is 33.0 Å². The van der Waals surface area contributed by atoms with Gasteiger partial charge in [-0.1, -0.05) is 6.07 Å². The number of pyridine rings is 2. The Morgan fingerprint density at radius 2 is 2.00 bits per heavy atom. The van der Waals surface area contributed by atoms with E-state index in [1.165, 1.54) is 24.5 Å². The average Bonchev–Trinajstić information content (AvgIpc) is 2.55. The monoisotopic (exact) mass is 329 g/mol. The van der Waals surface area contributed by atoms with E-state index in [9.17, 15) is 14.4 Å². The summed E-state index contributed by atoms with van der Waals surface area (Å²) in [5.74, 6) is -1.74. The maximum atomic E-state index is 12.0. The van der Waals surface area contributed by atoms with E-state index >= 15 is 0 Å². The minimum atomic E-state index is -1.06. The summed E-state index contributed by atoms with van der Waals surface area (Å²) in [6.07, 6.45) is 4.01. The maximum absolute atomic E-state index is 12.0. The van der Waals surface area contributed by atoms with E-state index in [2.05, 4.69) is 20.6 Å². The number of nitrogens with one attached hydrogen (secondary N) is 2. The molecule has 24 heavy (non-hydrogen) atoms. The van der Waals surface area contributed by atoms with Crippen LogP contribution >= 0.6 is 0 Å². The maximum Gasteiger partial charge on any atom is 0.319 e. The molecular weight excluding hydrogens is 314 g/mol. The zero-order valence-electron chi connectivity index (χ0n) is 12.5. The molecule has 1 atom stereocenters. The lowest BCUT2D eigenvalue weighted by Gasteiger charge is -2.17. The van der Waals surface area contributed by atoms with Crippen LogP contribution in [0.3, 0.4) is 0 Å². The Hall–Kier alpha value is -3.49. The summed E-state index contributed by atoms with van der Waals surface area (Å²) in [5.41, 5.74) is 6.05. The molecule has 0 radical (unpaired) electrons. The van der Waals surface area contributed by atoms with Crippen LogP contribution in [0.25, 0.3) is 0 Å². The molecule has 2 aromatic heterocycles. The van der Waals surface area contributed by atoms with Crippen molar-refractivity contribution < 1.29 is 19.5 Å². The van der Waals surface area contributed by atoms with E-state index in [1.807, 2.05) is 0 Å².